The molecule has 2 N–H and O–H groups in total. The summed E-state index contributed by atoms with van der Waals surface area (Å²) in [6.07, 6.45) is 0. The molecule has 0 aromatic carbocycles. The Bertz CT molecular complexity index is 148. The number of imide groups is 1. The molecule has 1 rings (SSSR count). The first-order valence-corrected chi connectivity index (χ1v) is 2.31. The fourth-order valence-corrected chi connectivity index (χ4v) is 0.518. The fraction of sp³-hybridized carbons (Fsp3) is 0.500. The molecular formula is C4H6AuN2O2. The second kappa shape index (κ2) is 3.00. The number of hydrogen-bond donors (Lipinski definition) is 2. The van der Waals surface area contributed by atoms with E-state index >= 15 is 0 Å². The van der Waals surface area contributed by atoms with E-state index < -0.39 is 6.03 Å². The second-order valence-corrected chi connectivity index (χ2v) is 1.68. The maximum absolute atomic E-state index is 10.4. The van der Waals surface area contributed by atoms with Gasteiger partial charge >= 0.3 is 6.03 Å². The first kappa shape index (κ1) is 8.68. The number of urea groups is 1. The molecule has 1 saturated heterocycles. The summed E-state index contributed by atoms with van der Waals surface area (Å²) in [6, 6.07) is -0.759. The number of carbonyl (C=O) groups excluding carboxylic acids is 2. The molecule has 9 heavy (non-hydrogen) atoms. The predicted molar refractivity (Wildman–Crippen MR) is 26.1 cm³/mol. The van der Waals surface area contributed by atoms with Crippen LogP contribution in [-0.2, 0) is 27.2 Å². The summed E-state index contributed by atoms with van der Waals surface area (Å²) < 4.78 is 0. The van der Waals surface area contributed by atoms with Gasteiger partial charge in [0.05, 0.1) is 0 Å². The van der Waals surface area contributed by atoms with Crippen LogP contribution in [0.5, 0.6) is 0 Å². The van der Waals surface area contributed by atoms with E-state index in [0.717, 1.165) is 0 Å². The van der Waals surface area contributed by atoms with Crippen LogP contribution in [0.2, 0.25) is 0 Å². The third kappa shape index (κ3) is 1.82. The van der Waals surface area contributed by atoms with E-state index in [1.54, 1.807) is 6.92 Å². The molecule has 1 aliphatic heterocycles. The molecule has 5 heteroatoms. The Labute approximate surface area is 67.9 Å². The zero-order valence-electron chi connectivity index (χ0n) is 4.70. The maximum atomic E-state index is 10.4. The third-order valence-corrected chi connectivity index (χ3v) is 0.978. The minimum absolute atomic E-state index is 0. The Morgan fingerprint density at radius 1 is 1.44 bits per heavy atom. The smallest absolute Gasteiger partial charge is 0.322 e. The molecule has 1 aliphatic rings. The van der Waals surface area contributed by atoms with Crippen molar-refractivity contribution in [3.8, 4) is 0 Å². The van der Waals surface area contributed by atoms with Gasteiger partial charge in [0.1, 0.15) is 6.04 Å². The predicted octanol–water partition coefficient (Wildman–Crippen LogP) is -0.788. The molecule has 0 aromatic heterocycles. The summed E-state index contributed by atoms with van der Waals surface area (Å²) in [5, 5.41) is 4.44. The van der Waals surface area contributed by atoms with Gasteiger partial charge in [-0.05, 0) is 6.92 Å². The third-order valence-electron chi connectivity index (χ3n) is 0.978. The van der Waals surface area contributed by atoms with Crippen LogP contribution in [0, 0.1) is 0 Å². The van der Waals surface area contributed by atoms with Crippen molar-refractivity contribution in [3.63, 3.8) is 0 Å². The van der Waals surface area contributed by atoms with E-state index in [0.29, 0.717) is 0 Å². The van der Waals surface area contributed by atoms with Crippen LogP contribution in [0.4, 0.5) is 4.79 Å². The van der Waals surface area contributed by atoms with Crippen LogP contribution >= 0.6 is 0 Å². The Balaban J connectivity index is 0.000000640. The number of nitrogens with one attached hydrogen (secondary N) is 2. The Hall–Kier alpha value is -0.320. The fourth-order valence-electron chi connectivity index (χ4n) is 0.518. The average Bonchev–Trinajstić information content (AvgIpc) is 1.85. The number of amides is 3. The van der Waals surface area contributed by atoms with E-state index in [4.69, 9.17) is 0 Å². The van der Waals surface area contributed by atoms with Crippen molar-refractivity contribution in [1.29, 1.82) is 0 Å². The zero-order valence-corrected chi connectivity index (χ0v) is 6.86. The standard InChI is InChI=1S/C4H6N2O2.Au/c1-2-3(7)6-4(8)5-2;/h2H,1H3,(H2,5,6,7,8);. The Kier molecular flexibility index (Phi) is 2.90. The molecule has 0 aromatic rings. The van der Waals surface area contributed by atoms with Crippen LogP contribution in [0.15, 0.2) is 0 Å². The van der Waals surface area contributed by atoms with Gasteiger partial charge in [-0.1, -0.05) is 0 Å². The first-order valence-electron chi connectivity index (χ1n) is 2.31. The normalized spacial score (nSPS) is 24.3. The van der Waals surface area contributed by atoms with Crippen LogP contribution in [0.25, 0.3) is 0 Å². The van der Waals surface area contributed by atoms with Gasteiger partial charge < -0.3 is 5.32 Å². The Morgan fingerprint density at radius 3 is 2.11 bits per heavy atom. The zero-order chi connectivity index (χ0) is 6.15. The summed E-state index contributed by atoms with van der Waals surface area (Å²) in [6.45, 7) is 1.63. The van der Waals surface area contributed by atoms with Crippen molar-refractivity contribution in [1.82, 2.24) is 10.6 Å². The van der Waals surface area contributed by atoms with E-state index in [9.17, 15) is 9.59 Å². The molecule has 4 nitrogen and oxygen atoms in total. The van der Waals surface area contributed by atoms with Gasteiger partial charge in [0.25, 0.3) is 0 Å². The maximum Gasteiger partial charge on any atom is 0.322 e. The molecule has 3 amide bonds. The van der Waals surface area contributed by atoms with Crippen molar-refractivity contribution in [3.05, 3.63) is 0 Å². The molecule has 55 valence electrons. The topological polar surface area (TPSA) is 58.2 Å². The molecule has 1 fully saturated rings. The molecular weight excluding hydrogens is 305 g/mol. The monoisotopic (exact) mass is 311 g/mol. The van der Waals surface area contributed by atoms with Crippen molar-refractivity contribution in [2.75, 3.05) is 0 Å². The number of carbonyl (C=O) groups is 2. The minimum atomic E-state index is -0.400. The van der Waals surface area contributed by atoms with E-state index in [-0.39, 0.29) is 34.3 Å². The summed E-state index contributed by atoms with van der Waals surface area (Å²) in [5.41, 5.74) is 0. The second-order valence-electron chi connectivity index (χ2n) is 1.68. The van der Waals surface area contributed by atoms with Gasteiger partial charge in [-0.25, -0.2) is 4.79 Å². The van der Waals surface area contributed by atoms with Gasteiger partial charge in [-0.15, -0.1) is 0 Å². The molecule has 1 unspecified atom stereocenters. The first-order chi connectivity index (χ1) is 3.70. The Morgan fingerprint density at radius 2 is 2.00 bits per heavy atom. The van der Waals surface area contributed by atoms with Crippen molar-refractivity contribution >= 4 is 11.9 Å². The van der Waals surface area contributed by atoms with Gasteiger partial charge in [-0.2, -0.15) is 0 Å². The molecule has 1 heterocycles. The summed E-state index contributed by atoms with van der Waals surface area (Å²) in [4.78, 5) is 20.6. The molecule has 0 bridgehead atoms. The average molecular weight is 311 g/mol. The number of rotatable bonds is 0. The molecule has 1 radical (unpaired) electrons. The van der Waals surface area contributed by atoms with E-state index in [1.807, 2.05) is 0 Å². The van der Waals surface area contributed by atoms with Crippen molar-refractivity contribution in [2.45, 2.75) is 13.0 Å². The minimum Gasteiger partial charge on any atom is -0.326 e. The summed E-state index contributed by atoms with van der Waals surface area (Å²) in [7, 11) is 0. The van der Waals surface area contributed by atoms with Gasteiger partial charge in [-0.3, -0.25) is 10.1 Å². The molecule has 0 spiro atoms. The van der Waals surface area contributed by atoms with Crippen molar-refractivity contribution < 1.29 is 32.0 Å². The van der Waals surface area contributed by atoms with Crippen LogP contribution in [0.3, 0.4) is 0 Å². The summed E-state index contributed by atoms with van der Waals surface area (Å²) >= 11 is 0. The van der Waals surface area contributed by atoms with Gasteiger partial charge in [0, 0.05) is 22.4 Å². The number of hydrogen-bond acceptors (Lipinski definition) is 2. The largest absolute Gasteiger partial charge is 0.326 e. The van der Waals surface area contributed by atoms with Gasteiger partial charge in [0.2, 0.25) is 5.91 Å². The van der Waals surface area contributed by atoms with Gasteiger partial charge in [0.15, 0.2) is 0 Å². The summed E-state index contributed by atoms with van der Waals surface area (Å²) in [5.74, 6) is -0.255. The quantitative estimate of drug-likeness (QED) is 0.455. The van der Waals surface area contributed by atoms with Crippen LogP contribution in [0.1, 0.15) is 6.92 Å². The van der Waals surface area contributed by atoms with E-state index in [2.05, 4.69) is 10.6 Å². The van der Waals surface area contributed by atoms with E-state index in [1.165, 1.54) is 0 Å². The molecule has 0 aliphatic carbocycles. The van der Waals surface area contributed by atoms with Crippen LogP contribution < -0.4 is 10.6 Å². The SMILES string of the molecule is CC1NC(=O)NC1=O.[Au]. The molecule has 1 atom stereocenters. The molecule has 0 saturated carbocycles. The van der Waals surface area contributed by atoms with Crippen molar-refractivity contribution in [2.24, 2.45) is 0 Å². The van der Waals surface area contributed by atoms with Crippen LogP contribution in [-0.4, -0.2) is 18.0 Å².